The molecule has 0 atom stereocenters. The highest BCUT2D eigenvalue weighted by atomic mass is 16.4. The largest absolute Gasteiger partial charge is 0.476 e. The summed E-state index contributed by atoms with van der Waals surface area (Å²) in [5.41, 5.74) is 1.05. The van der Waals surface area contributed by atoms with E-state index in [9.17, 15) is 9.90 Å². The first-order chi connectivity index (χ1) is 9.66. The molecule has 0 aliphatic carbocycles. The molecule has 0 aliphatic rings. The fourth-order valence-electron chi connectivity index (χ4n) is 1.84. The van der Waals surface area contributed by atoms with Crippen molar-refractivity contribution in [2.75, 3.05) is 0 Å². The van der Waals surface area contributed by atoms with Crippen LogP contribution in [0.25, 0.3) is 23.0 Å². The molecule has 0 fully saturated rings. The lowest BCUT2D eigenvalue weighted by Crippen LogP contribution is -1.99. The van der Waals surface area contributed by atoms with Gasteiger partial charge in [0, 0.05) is 5.56 Å². The standard InChI is InChI=1S/C14H10N2O4/c1-8-11(19-7-15-8)12-10(14(17)18)16-13(20-12)9-5-3-2-4-6-9/h2-7H,1H3,(H,17,18). The molecular weight excluding hydrogens is 260 g/mol. The normalized spacial score (nSPS) is 10.7. The van der Waals surface area contributed by atoms with Gasteiger partial charge < -0.3 is 13.9 Å². The number of hydrogen-bond donors (Lipinski definition) is 1. The fourth-order valence-corrected chi connectivity index (χ4v) is 1.84. The average Bonchev–Trinajstić information content (AvgIpc) is 3.05. The van der Waals surface area contributed by atoms with Crippen molar-refractivity contribution in [2.24, 2.45) is 0 Å². The van der Waals surface area contributed by atoms with Crippen molar-refractivity contribution in [2.45, 2.75) is 6.92 Å². The number of rotatable bonds is 3. The molecule has 6 heteroatoms. The second-order valence-electron chi connectivity index (χ2n) is 4.13. The SMILES string of the molecule is Cc1ncoc1-c1oc(-c2ccccc2)nc1C(=O)O. The third-order valence-electron chi connectivity index (χ3n) is 2.80. The number of aromatic carboxylic acids is 1. The van der Waals surface area contributed by atoms with E-state index in [1.807, 2.05) is 18.2 Å². The summed E-state index contributed by atoms with van der Waals surface area (Å²) < 4.78 is 10.7. The lowest BCUT2D eigenvalue weighted by Gasteiger charge is -1.94. The molecule has 100 valence electrons. The molecule has 6 nitrogen and oxygen atoms in total. The second-order valence-corrected chi connectivity index (χ2v) is 4.13. The maximum atomic E-state index is 11.3. The van der Waals surface area contributed by atoms with Crippen LogP contribution in [0.2, 0.25) is 0 Å². The van der Waals surface area contributed by atoms with E-state index >= 15 is 0 Å². The van der Waals surface area contributed by atoms with Crippen LogP contribution in [-0.4, -0.2) is 21.0 Å². The number of aromatic nitrogens is 2. The molecule has 0 bridgehead atoms. The molecule has 20 heavy (non-hydrogen) atoms. The van der Waals surface area contributed by atoms with Crippen LogP contribution in [0.4, 0.5) is 0 Å². The minimum atomic E-state index is -1.18. The Labute approximate surface area is 113 Å². The number of carboxylic acids is 1. The molecule has 3 aromatic rings. The summed E-state index contributed by atoms with van der Waals surface area (Å²) in [4.78, 5) is 19.2. The van der Waals surface area contributed by atoms with Crippen LogP contribution in [0.5, 0.6) is 0 Å². The van der Waals surface area contributed by atoms with Crippen molar-refractivity contribution in [3.8, 4) is 23.0 Å². The zero-order valence-corrected chi connectivity index (χ0v) is 10.5. The maximum Gasteiger partial charge on any atom is 0.358 e. The van der Waals surface area contributed by atoms with E-state index in [-0.39, 0.29) is 23.1 Å². The van der Waals surface area contributed by atoms with Gasteiger partial charge in [-0.2, -0.15) is 0 Å². The summed E-state index contributed by atoms with van der Waals surface area (Å²) in [7, 11) is 0. The van der Waals surface area contributed by atoms with E-state index in [1.165, 1.54) is 6.39 Å². The highest BCUT2D eigenvalue weighted by molar-refractivity contribution is 5.92. The van der Waals surface area contributed by atoms with E-state index in [4.69, 9.17) is 8.83 Å². The van der Waals surface area contributed by atoms with Crippen molar-refractivity contribution in [1.29, 1.82) is 0 Å². The van der Waals surface area contributed by atoms with Crippen LogP contribution >= 0.6 is 0 Å². The van der Waals surface area contributed by atoms with Crippen molar-refractivity contribution < 1.29 is 18.7 Å². The molecule has 0 spiro atoms. The van der Waals surface area contributed by atoms with Crippen LogP contribution in [0, 0.1) is 6.92 Å². The number of carbonyl (C=O) groups is 1. The number of nitrogens with zero attached hydrogens (tertiary/aromatic N) is 2. The molecule has 2 aromatic heterocycles. The maximum absolute atomic E-state index is 11.3. The van der Waals surface area contributed by atoms with Crippen LogP contribution < -0.4 is 0 Å². The fraction of sp³-hybridized carbons (Fsp3) is 0.0714. The van der Waals surface area contributed by atoms with Crippen LogP contribution in [0.15, 0.2) is 45.6 Å². The highest BCUT2D eigenvalue weighted by Gasteiger charge is 2.25. The lowest BCUT2D eigenvalue weighted by atomic mass is 10.2. The minimum Gasteiger partial charge on any atom is -0.476 e. The van der Waals surface area contributed by atoms with Gasteiger partial charge >= 0.3 is 5.97 Å². The molecule has 0 unspecified atom stereocenters. The Bertz CT molecular complexity index is 759. The van der Waals surface area contributed by atoms with Crippen LogP contribution in [0.3, 0.4) is 0 Å². The molecule has 1 N–H and O–H groups in total. The van der Waals surface area contributed by atoms with Crippen molar-refractivity contribution in [1.82, 2.24) is 9.97 Å². The molecule has 1 aromatic carbocycles. The van der Waals surface area contributed by atoms with Gasteiger partial charge in [-0.3, -0.25) is 0 Å². The summed E-state index contributed by atoms with van der Waals surface area (Å²) in [6, 6.07) is 9.06. The van der Waals surface area contributed by atoms with Gasteiger partial charge in [-0.15, -0.1) is 0 Å². The summed E-state index contributed by atoms with van der Waals surface area (Å²) in [5.74, 6) is -0.598. The Kier molecular flexibility index (Phi) is 2.83. The van der Waals surface area contributed by atoms with Crippen molar-refractivity contribution >= 4 is 5.97 Å². The topological polar surface area (TPSA) is 89.4 Å². The van der Waals surface area contributed by atoms with E-state index in [0.717, 1.165) is 0 Å². The van der Waals surface area contributed by atoms with Gasteiger partial charge in [0.2, 0.25) is 11.7 Å². The molecule has 3 rings (SSSR count). The smallest absolute Gasteiger partial charge is 0.358 e. The molecular formula is C14H10N2O4. The van der Waals surface area contributed by atoms with E-state index in [2.05, 4.69) is 9.97 Å². The van der Waals surface area contributed by atoms with Crippen molar-refractivity contribution in [3.63, 3.8) is 0 Å². The van der Waals surface area contributed by atoms with Crippen molar-refractivity contribution in [3.05, 3.63) is 48.1 Å². The third-order valence-corrected chi connectivity index (χ3v) is 2.80. The van der Waals surface area contributed by atoms with Crippen LogP contribution in [-0.2, 0) is 0 Å². The monoisotopic (exact) mass is 270 g/mol. The Morgan fingerprint density at radius 1 is 1.20 bits per heavy atom. The molecule has 0 saturated carbocycles. The van der Waals surface area contributed by atoms with Gasteiger partial charge in [-0.25, -0.2) is 14.8 Å². The highest BCUT2D eigenvalue weighted by Crippen LogP contribution is 2.31. The number of benzene rings is 1. The molecule has 0 saturated heterocycles. The van der Waals surface area contributed by atoms with E-state index in [0.29, 0.717) is 11.3 Å². The van der Waals surface area contributed by atoms with Crippen LogP contribution in [0.1, 0.15) is 16.2 Å². The van der Waals surface area contributed by atoms with Gasteiger partial charge in [0.15, 0.2) is 17.8 Å². The first-order valence-electron chi connectivity index (χ1n) is 5.87. The quantitative estimate of drug-likeness (QED) is 0.786. The zero-order valence-electron chi connectivity index (χ0n) is 10.5. The number of carboxylic acid groups (broad SMARTS) is 1. The lowest BCUT2D eigenvalue weighted by molar-refractivity contribution is 0.0691. The number of hydrogen-bond acceptors (Lipinski definition) is 5. The van der Waals surface area contributed by atoms with Gasteiger partial charge in [-0.05, 0) is 19.1 Å². The Morgan fingerprint density at radius 3 is 2.55 bits per heavy atom. The third kappa shape index (κ3) is 1.97. The first kappa shape index (κ1) is 12.2. The number of oxazole rings is 2. The van der Waals surface area contributed by atoms with Gasteiger partial charge in [0.1, 0.15) is 0 Å². The Hall–Kier alpha value is -2.89. The summed E-state index contributed by atoms with van der Waals surface area (Å²) in [6.07, 6.45) is 1.24. The zero-order chi connectivity index (χ0) is 14.1. The summed E-state index contributed by atoms with van der Waals surface area (Å²) in [5, 5.41) is 9.23. The Morgan fingerprint density at radius 2 is 1.95 bits per heavy atom. The second kappa shape index (κ2) is 4.65. The molecule has 2 heterocycles. The minimum absolute atomic E-state index is 0.0753. The van der Waals surface area contributed by atoms with Gasteiger partial charge in [-0.1, -0.05) is 18.2 Å². The molecule has 0 radical (unpaired) electrons. The van der Waals surface area contributed by atoms with Gasteiger partial charge in [0.05, 0.1) is 5.69 Å². The Balaban J connectivity index is 2.18. The summed E-state index contributed by atoms with van der Waals surface area (Å²) in [6.45, 7) is 1.70. The summed E-state index contributed by atoms with van der Waals surface area (Å²) >= 11 is 0. The number of aryl methyl sites for hydroxylation is 1. The molecule has 0 amide bonds. The van der Waals surface area contributed by atoms with Gasteiger partial charge in [0.25, 0.3) is 0 Å². The average molecular weight is 270 g/mol. The van der Waals surface area contributed by atoms with E-state index < -0.39 is 5.97 Å². The predicted octanol–water partition coefficient (Wildman–Crippen LogP) is 3.00. The van der Waals surface area contributed by atoms with E-state index in [1.54, 1.807) is 19.1 Å². The molecule has 0 aliphatic heterocycles. The predicted molar refractivity (Wildman–Crippen MR) is 69.1 cm³/mol. The first-order valence-corrected chi connectivity index (χ1v) is 5.87.